The van der Waals surface area contributed by atoms with E-state index in [9.17, 15) is 4.79 Å². The lowest BCUT2D eigenvalue weighted by Gasteiger charge is -2.31. The van der Waals surface area contributed by atoms with Crippen LogP contribution in [0.15, 0.2) is 51.2 Å². The fraction of sp³-hybridized carbons (Fsp3) is 0.300. The molecule has 9 nitrogen and oxygen atoms in total. The van der Waals surface area contributed by atoms with Crippen LogP contribution >= 0.6 is 11.3 Å². The van der Waals surface area contributed by atoms with Gasteiger partial charge in [0.05, 0.1) is 11.1 Å². The summed E-state index contributed by atoms with van der Waals surface area (Å²) in [5.41, 5.74) is 0.905. The van der Waals surface area contributed by atoms with Crippen LogP contribution in [-0.4, -0.2) is 49.2 Å². The molecular formula is C20H18N6O3S. The number of aromatic nitrogens is 5. The highest BCUT2D eigenvalue weighted by Crippen LogP contribution is 2.27. The van der Waals surface area contributed by atoms with Crippen molar-refractivity contribution < 1.29 is 13.8 Å². The van der Waals surface area contributed by atoms with E-state index < -0.39 is 0 Å². The number of carbonyl (C=O) groups excluding carboxylic acids is 1. The monoisotopic (exact) mass is 422 g/mol. The molecule has 1 unspecified atom stereocenters. The van der Waals surface area contributed by atoms with Crippen molar-refractivity contribution in [3.63, 3.8) is 0 Å². The maximum absolute atomic E-state index is 12.9. The molecule has 152 valence electrons. The van der Waals surface area contributed by atoms with Crippen molar-refractivity contribution in [3.8, 4) is 22.2 Å². The molecule has 5 heterocycles. The lowest BCUT2D eigenvalue weighted by molar-refractivity contribution is 0.0658. The van der Waals surface area contributed by atoms with Crippen molar-refractivity contribution >= 4 is 17.2 Å². The van der Waals surface area contributed by atoms with Crippen molar-refractivity contribution in [3.05, 3.63) is 53.8 Å². The molecule has 1 aliphatic rings. The molecule has 5 rings (SSSR count). The van der Waals surface area contributed by atoms with Crippen LogP contribution in [0, 0.1) is 5.92 Å². The van der Waals surface area contributed by atoms with Gasteiger partial charge in [-0.25, -0.2) is 4.98 Å². The van der Waals surface area contributed by atoms with E-state index in [0.29, 0.717) is 48.4 Å². The van der Waals surface area contributed by atoms with E-state index in [1.165, 1.54) is 0 Å². The molecule has 4 aromatic rings. The number of thiophene rings is 1. The first-order valence-electron chi connectivity index (χ1n) is 9.65. The third kappa shape index (κ3) is 3.86. The molecule has 0 radical (unpaired) electrons. The molecule has 0 saturated carbocycles. The van der Waals surface area contributed by atoms with Crippen LogP contribution in [0.3, 0.4) is 0 Å². The molecule has 1 aliphatic heterocycles. The maximum Gasteiger partial charge on any atom is 0.276 e. The minimum absolute atomic E-state index is 0.114. The van der Waals surface area contributed by atoms with Gasteiger partial charge in [0.1, 0.15) is 5.69 Å². The van der Waals surface area contributed by atoms with E-state index in [4.69, 9.17) is 9.05 Å². The second-order valence-electron chi connectivity index (χ2n) is 7.12. The van der Waals surface area contributed by atoms with Gasteiger partial charge in [-0.3, -0.25) is 9.78 Å². The molecule has 0 spiro atoms. The number of hydrogen-bond donors (Lipinski definition) is 0. The Morgan fingerprint density at radius 1 is 1.27 bits per heavy atom. The second kappa shape index (κ2) is 8.15. The van der Waals surface area contributed by atoms with Gasteiger partial charge in [0, 0.05) is 38.0 Å². The second-order valence-corrected chi connectivity index (χ2v) is 8.07. The molecule has 1 atom stereocenters. The lowest BCUT2D eigenvalue weighted by Crippen LogP contribution is -2.40. The molecule has 1 amide bonds. The topological polar surface area (TPSA) is 111 Å². The third-order valence-electron chi connectivity index (χ3n) is 5.02. The third-order valence-corrected chi connectivity index (χ3v) is 5.91. The van der Waals surface area contributed by atoms with Gasteiger partial charge in [0.15, 0.2) is 11.5 Å². The number of carbonyl (C=O) groups is 1. The first-order valence-corrected chi connectivity index (χ1v) is 10.5. The summed E-state index contributed by atoms with van der Waals surface area (Å²) in [4.78, 5) is 28.3. The fourth-order valence-corrected chi connectivity index (χ4v) is 4.27. The molecule has 0 bridgehead atoms. The zero-order chi connectivity index (χ0) is 20.3. The van der Waals surface area contributed by atoms with E-state index in [1.807, 2.05) is 22.4 Å². The van der Waals surface area contributed by atoms with Crippen LogP contribution in [0.4, 0.5) is 0 Å². The van der Waals surface area contributed by atoms with Gasteiger partial charge < -0.3 is 13.9 Å². The molecule has 30 heavy (non-hydrogen) atoms. The Balaban J connectivity index is 1.24. The average molecular weight is 422 g/mol. The molecule has 1 fully saturated rings. The molecule has 0 N–H and O–H groups in total. The highest BCUT2D eigenvalue weighted by Gasteiger charge is 2.28. The van der Waals surface area contributed by atoms with Gasteiger partial charge in [-0.05, 0) is 30.2 Å². The van der Waals surface area contributed by atoms with Crippen molar-refractivity contribution in [2.24, 2.45) is 5.92 Å². The summed E-state index contributed by atoms with van der Waals surface area (Å²) in [6, 6.07) is 5.59. The number of amides is 1. The summed E-state index contributed by atoms with van der Waals surface area (Å²) in [5, 5.41) is 9.93. The maximum atomic E-state index is 12.9. The minimum Gasteiger partial charge on any atom is -0.355 e. The summed E-state index contributed by atoms with van der Waals surface area (Å²) in [6.45, 7) is 1.31. The Kier molecular flexibility index (Phi) is 5.06. The minimum atomic E-state index is -0.114. The first-order chi connectivity index (χ1) is 14.8. The first kappa shape index (κ1) is 18.6. The number of piperidine rings is 1. The molecule has 10 heteroatoms. The quantitative estimate of drug-likeness (QED) is 0.481. The summed E-state index contributed by atoms with van der Waals surface area (Å²) in [7, 11) is 0. The largest absolute Gasteiger partial charge is 0.355 e. The number of likely N-dealkylation sites (tertiary alicyclic amines) is 1. The normalized spacial score (nSPS) is 16.7. The van der Waals surface area contributed by atoms with Gasteiger partial charge in [0.25, 0.3) is 5.91 Å². The molecule has 1 saturated heterocycles. The van der Waals surface area contributed by atoms with Crippen LogP contribution < -0.4 is 0 Å². The standard InChI is InChI=1S/C20H18N6O3S/c27-20(14-10-16(28-24-14)17-4-2-8-30-17)26-7-1-3-13(12-26)9-18-23-19(25-29-18)15-11-21-5-6-22-15/h2,4-6,8,10-11,13H,1,3,7,9,12H2. The van der Waals surface area contributed by atoms with Gasteiger partial charge >= 0.3 is 0 Å². The van der Waals surface area contributed by atoms with Crippen LogP contribution in [0.25, 0.3) is 22.2 Å². The van der Waals surface area contributed by atoms with Gasteiger partial charge in [-0.1, -0.05) is 16.4 Å². The number of nitrogens with zero attached hydrogens (tertiary/aromatic N) is 6. The number of rotatable bonds is 5. The van der Waals surface area contributed by atoms with E-state index >= 15 is 0 Å². The Labute approximate surface area is 175 Å². The van der Waals surface area contributed by atoms with E-state index in [-0.39, 0.29) is 11.8 Å². The van der Waals surface area contributed by atoms with Crippen LogP contribution in [-0.2, 0) is 6.42 Å². The van der Waals surface area contributed by atoms with Gasteiger partial charge in [0.2, 0.25) is 11.7 Å². The SMILES string of the molecule is O=C(c1cc(-c2cccs2)on1)N1CCCC(Cc2nc(-c3cnccn3)no2)C1. The van der Waals surface area contributed by atoms with Crippen molar-refractivity contribution in [1.29, 1.82) is 0 Å². The van der Waals surface area contributed by atoms with Crippen molar-refractivity contribution in [2.75, 3.05) is 13.1 Å². The fourth-order valence-electron chi connectivity index (χ4n) is 3.59. The van der Waals surface area contributed by atoms with Crippen molar-refractivity contribution in [2.45, 2.75) is 19.3 Å². The highest BCUT2D eigenvalue weighted by atomic mass is 32.1. The van der Waals surface area contributed by atoms with Crippen molar-refractivity contribution in [1.82, 2.24) is 30.2 Å². The highest BCUT2D eigenvalue weighted by molar-refractivity contribution is 7.13. The Morgan fingerprint density at radius 3 is 3.07 bits per heavy atom. The Hall–Kier alpha value is -3.40. The molecule has 0 aromatic carbocycles. The zero-order valence-electron chi connectivity index (χ0n) is 16.0. The summed E-state index contributed by atoms with van der Waals surface area (Å²) in [5.74, 6) is 1.70. The van der Waals surface area contributed by atoms with Crippen LogP contribution in [0.5, 0.6) is 0 Å². The Morgan fingerprint density at radius 2 is 2.23 bits per heavy atom. The van der Waals surface area contributed by atoms with E-state index in [2.05, 4.69) is 25.3 Å². The average Bonchev–Trinajstić information content (AvgIpc) is 3.55. The Bertz CT molecular complexity index is 1120. The van der Waals surface area contributed by atoms with Crippen LogP contribution in [0.2, 0.25) is 0 Å². The number of hydrogen-bond acceptors (Lipinski definition) is 9. The van der Waals surface area contributed by atoms with E-state index in [0.717, 1.165) is 17.7 Å². The lowest BCUT2D eigenvalue weighted by atomic mass is 9.94. The predicted molar refractivity (Wildman–Crippen MR) is 107 cm³/mol. The van der Waals surface area contributed by atoms with Gasteiger partial charge in [-0.2, -0.15) is 4.98 Å². The van der Waals surface area contributed by atoms with E-state index in [1.54, 1.807) is 36.0 Å². The summed E-state index contributed by atoms with van der Waals surface area (Å²) >= 11 is 1.55. The molecule has 0 aliphatic carbocycles. The zero-order valence-corrected chi connectivity index (χ0v) is 16.8. The molecular weight excluding hydrogens is 404 g/mol. The summed E-state index contributed by atoms with van der Waals surface area (Å²) in [6.07, 6.45) is 7.29. The summed E-state index contributed by atoms with van der Waals surface area (Å²) < 4.78 is 10.7. The molecule has 4 aromatic heterocycles. The van der Waals surface area contributed by atoms with Gasteiger partial charge in [-0.15, -0.1) is 11.3 Å². The smallest absolute Gasteiger partial charge is 0.276 e. The predicted octanol–water partition coefficient (Wildman–Crippen LogP) is 3.34. The van der Waals surface area contributed by atoms with Crippen LogP contribution in [0.1, 0.15) is 29.2 Å².